The molecule has 1 aliphatic rings. The summed E-state index contributed by atoms with van der Waals surface area (Å²) in [5.41, 5.74) is 2.80. The minimum Gasteiger partial charge on any atom is -0.465 e. The van der Waals surface area contributed by atoms with Crippen LogP contribution in [-0.2, 0) is 20.9 Å². The molecule has 220 valence electrons. The first kappa shape index (κ1) is 29.1. The number of esters is 2. The molecule has 0 fully saturated rings. The lowest BCUT2D eigenvalue weighted by molar-refractivity contribution is -0.140. The van der Waals surface area contributed by atoms with Crippen molar-refractivity contribution in [3.8, 4) is 11.3 Å². The first-order valence-electron chi connectivity index (χ1n) is 13.6. The average molecular weight is 625 g/mol. The largest absolute Gasteiger partial charge is 0.465 e. The molecule has 0 spiro atoms. The molecule has 44 heavy (non-hydrogen) atoms. The molecule has 0 amide bonds. The summed E-state index contributed by atoms with van der Waals surface area (Å²) < 4.78 is 18.4. The van der Waals surface area contributed by atoms with Crippen LogP contribution in [0.5, 0.6) is 0 Å². The lowest BCUT2D eigenvalue weighted by atomic mass is 9.95. The molecule has 3 heterocycles. The zero-order valence-corrected chi connectivity index (χ0v) is 25.2. The highest BCUT2D eigenvalue weighted by atomic mass is 35.5. The number of nitrogens with zero attached hydrogens (tertiary/aromatic N) is 2. The Kier molecular flexibility index (Phi) is 8.15. The highest BCUT2D eigenvalue weighted by molar-refractivity contribution is 7.07. The molecular formula is C34H25ClN2O6S. The Balaban J connectivity index is 1.43. The fraction of sp³-hybridized carbons (Fsp3) is 0.118. The fourth-order valence-corrected chi connectivity index (χ4v) is 6.24. The second-order valence-corrected chi connectivity index (χ2v) is 11.4. The minimum absolute atomic E-state index is 0.0567. The number of rotatable bonds is 7. The maximum absolute atomic E-state index is 14.0. The van der Waals surface area contributed by atoms with Gasteiger partial charge in [0.25, 0.3) is 5.56 Å². The zero-order chi connectivity index (χ0) is 30.8. The van der Waals surface area contributed by atoms with E-state index in [0.29, 0.717) is 42.7 Å². The van der Waals surface area contributed by atoms with Crippen LogP contribution in [0.3, 0.4) is 0 Å². The molecule has 0 bridgehead atoms. The lowest BCUT2D eigenvalue weighted by Crippen LogP contribution is -2.39. The molecule has 0 N–H and O–H groups in total. The van der Waals surface area contributed by atoms with Crippen LogP contribution in [-0.4, -0.2) is 23.6 Å². The van der Waals surface area contributed by atoms with Crippen LogP contribution in [0.2, 0.25) is 5.02 Å². The van der Waals surface area contributed by atoms with Crippen molar-refractivity contribution < 1.29 is 23.5 Å². The second-order valence-electron chi connectivity index (χ2n) is 9.94. The predicted octanol–water partition coefficient (Wildman–Crippen LogP) is 5.68. The number of hydrogen-bond donors (Lipinski definition) is 0. The van der Waals surface area contributed by atoms with Gasteiger partial charge in [0.15, 0.2) is 4.80 Å². The van der Waals surface area contributed by atoms with E-state index >= 15 is 0 Å². The number of carbonyl (C=O) groups is 2. The van der Waals surface area contributed by atoms with E-state index in [0.717, 1.165) is 11.1 Å². The van der Waals surface area contributed by atoms with E-state index < -0.39 is 18.0 Å². The summed E-state index contributed by atoms with van der Waals surface area (Å²) in [5.74, 6) is -0.0639. The fourth-order valence-electron chi connectivity index (χ4n) is 4.98. The van der Waals surface area contributed by atoms with E-state index in [9.17, 15) is 14.4 Å². The summed E-state index contributed by atoms with van der Waals surface area (Å²) in [6.45, 7) is 1.77. The Morgan fingerprint density at radius 2 is 1.70 bits per heavy atom. The molecule has 3 aromatic carbocycles. The van der Waals surface area contributed by atoms with E-state index in [1.54, 1.807) is 55.5 Å². The summed E-state index contributed by atoms with van der Waals surface area (Å²) in [7, 11) is 1.30. The van der Waals surface area contributed by atoms with Gasteiger partial charge >= 0.3 is 11.9 Å². The third-order valence-electron chi connectivity index (χ3n) is 7.14. The molecule has 0 saturated carbocycles. The van der Waals surface area contributed by atoms with E-state index in [1.807, 2.05) is 48.5 Å². The molecular weight excluding hydrogens is 600 g/mol. The molecule has 1 atom stereocenters. The Morgan fingerprint density at radius 1 is 0.977 bits per heavy atom. The van der Waals surface area contributed by atoms with Gasteiger partial charge in [0, 0.05) is 11.6 Å². The standard InChI is InChI=1S/C34H25ClN2O6S/c1-20-29(33(40)42-19-21-8-4-3-5-9-21)30(22-12-14-23(15-13-22)32(39)41-2)37-31(38)28(44-34(37)36-20)18-24-16-17-27(43-24)25-10-6-7-11-26(25)35/h3-18,30H,19H2,1-2H3. The molecule has 1 unspecified atom stereocenters. The van der Waals surface area contributed by atoms with E-state index in [1.165, 1.54) is 23.0 Å². The van der Waals surface area contributed by atoms with Crippen molar-refractivity contribution in [2.45, 2.75) is 19.6 Å². The molecule has 0 saturated heterocycles. The number of halogens is 1. The highest BCUT2D eigenvalue weighted by Crippen LogP contribution is 2.32. The topological polar surface area (TPSA) is 100 Å². The van der Waals surface area contributed by atoms with Gasteiger partial charge in [-0.25, -0.2) is 14.6 Å². The van der Waals surface area contributed by atoms with E-state index in [4.69, 9.17) is 25.5 Å². The maximum Gasteiger partial charge on any atom is 0.338 e. The molecule has 5 aromatic rings. The van der Waals surface area contributed by atoms with Gasteiger partial charge in [-0.15, -0.1) is 0 Å². The number of carbonyl (C=O) groups excluding carboxylic acids is 2. The zero-order valence-electron chi connectivity index (χ0n) is 23.7. The van der Waals surface area contributed by atoms with Crippen molar-refractivity contribution in [3.63, 3.8) is 0 Å². The van der Waals surface area contributed by atoms with Gasteiger partial charge in [0.2, 0.25) is 0 Å². The van der Waals surface area contributed by atoms with Gasteiger partial charge in [-0.2, -0.15) is 0 Å². The van der Waals surface area contributed by atoms with Gasteiger partial charge in [0.05, 0.1) is 39.5 Å². The molecule has 6 rings (SSSR count). The summed E-state index contributed by atoms with van der Waals surface area (Å²) in [6.07, 6.45) is 1.65. The van der Waals surface area contributed by atoms with Crippen molar-refractivity contribution in [2.24, 2.45) is 4.99 Å². The lowest BCUT2D eigenvalue weighted by Gasteiger charge is -2.25. The van der Waals surface area contributed by atoms with Crippen LogP contribution in [0.1, 0.15) is 40.2 Å². The number of aromatic nitrogens is 1. The van der Waals surface area contributed by atoms with Crippen molar-refractivity contribution >= 4 is 41.0 Å². The van der Waals surface area contributed by atoms with Crippen molar-refractivity contribution in [3.05, 3.63) is 149 Å². The Bertz CT molecular complexity index is 2090. The van der Waals surface area contributed by atoms with Gasteiger partial charge in [0.1, 0.15) is 18.1 Å². The SMILES string of the molecule is COC(=O)c1ccc(C2C(C(=O)OCc3ccccc3)=C(C)N=c3sc(=Cc4ccc(-c5ccccc5Cl)o4)c(=O)n32)cc1. The maximum atomic E-state index is 14.0. The monoisotopic (exact) mass is 624 g/mol. The van der Waals surface area contributed by atoms with Gasteiger partial charge < -0.3 is 13.9 Å². The molecule has 1 aliphatic heterocycles. The number of methoxy groups -OCH3 is 1. The van der Waals surface area contributed by atoms with Gasteiger partial charge in [-0.1, -0.05) is 77.5 Å². The Labute approximate surface area is 260 Å². The van der Waals surface area contributed by atoms with Crippen molar-refractivity contribution in [1.82, 2.24) is 4.57 Å². The number of hydrogen-bond acceptors (Lipinski definition) is 8. The van der Waals surface area contributed by atoms with Crippen molar-refractivity contribution in [2.75, 3.05) is 7.11 Å². The van der Waals surface area contributed by atoms with Crippen LogP contribution < -0.4 is 14.9 Å². The quantitative estimate of drug-likeness (QED) is 0.216. The minimum atomic E-state index is -0.848. The number of allylic oxidation sites excluding steroid dienone is 1. The second kappa shape index (κ2) is 12.3. The number of ether oxygens (including phenoxy) is 2. The smallest absolute Gasteiger partial charge is 0.338 e. The summed E-state index contributed by atoms with van der Waals surface area (Å²) in [4.78, 5) is 44.7. The van der Waals surface area contributed by atoms with Crippen LogP contribution in [0.4, 0.5) is 0 Å². The van der Waals surface area contributed by atoms with Crippen LogP contribution in [0.25, 0.3) is 17.4 Å². The molecule has 0 aliphatic carbocycles. The molecule has 8 nitrogen and oxygen atoms in total. The Hall–Kier alpha value is -4.99. The average Bonchev–Trinajstić information content (AvgIpc) is 3.63. The number of benzene rings is 3. The summed E-state index contributed by atoms with van der Waals surface area (Å²) in [6, 6.07) is 25.9. The van der Waals surface area contributed by atoms with Gasteiger partial charge in [-0.05, 0) is 54.4 Å². The molecule has 2 aromatic heterocycles. The van der Waals surface area contributed by atoms with E-state index in [-0.39, 0.29) is 17.7 Å². The van der Waals surface area contributed by atoms with E-state index in [2.05, 4.69) is 4.99 Å². The first-order valence-corrected chi connectivity index (χ1v) is 14.8. The van der Waals surface area contributed by atoms with Gasteiger partial charge in [-0.3, -0.25) is 9.36 Å². The predicted molar refractivity (Wildman–Crippen MR) is 167 cm³/mol. The highest BCUT2D eigenvalue weighted by Gasteiger charge is 2.33. The number of fused-ring (bicyclic) bond motifs is 1. The first-order chi connectivity index (χ1) is 21.3. The third-order valence-corrected chi connectivity index (χ3v) is 8.45. The normalized spacial score (nSPS) is 14.6. The summed E-state index contributed by atoms with van der Waals surface area (Å²) >= 11 is 7.52. The van der Waals surface area contributed by atoms with Crippen LogP contribution in [0, 0.1) is 0 Å². The number of furan rings is 1. The molecule has 0 radical (unpaired) electrons. The van der Waals surface area contributed by atoms with Crippen molar-refractivity contribution in [1.29, 1.82) is 0 Å². The van der Waals surface area contributed by atoms with Crippen LogP contribution in [0.15, 0.2) is 116 Å². The Morgan fingerprint density at radius 3 is 2.43 bits per heavy atom. The van der Waals surface area contributed by atoms with Crippen LogP contribution >= 0.6 is 22.9 Å². The summed E-state index contributed by atoms with van der Waals surface area (Å²) in [5, 5.41) is 0.549. The molecule has 10 heteroatoms. The third kappa shape index (κ3) is 5.67. The number of thiazole rings is 1.